The van der Waals surface area contributed by atoms with Crippen LogP contribution < -0.4 is 4.90 Å². The lowest BCUT2D eigenvalue weighted by Gasteiger charge is -2.38. The van der Waals surface area contributed by atoms with Crippen LogP contribution in [-0.4, -0.2) is 57.5 Å². The quantitative estimate of drug-likeness (QED) is 0.812. The summed E-state index contributed by atoms with van der Waals surface area (Å²) in [7, 11) is -2.76. The fourth-order valence-corrected chi connectivity index (χ4v) is 5.40. The smallest absolute Gasteiger partial charge is 0.150 e. The summed E-state index contributed by atoms with van der Waals surface area (Å²) >= 11 is 12.4. The van der Waals surface area contributed by atoms with Crippen LogP contribution in [0.5, 0.6) is 0 Å². The summed E-state index contributed by atoms with van der Waals surface area (Å²) in [6.07, 6.45) is 1.62. The monoisotopic (exact) mass is 376 g/mol. The summed E-state index contributed by atoms with van der Waals surface area (Å²) in [4.78, 5) is 4.72. The second-order valence-electron chi connectivity index (χ2n) is 6.46. The second kappa shape index (κ2) is 7.18. The predicted octanol–water partition coefficient (Wildman–Crippen LogP) is 2.94. The molecule has 0 amide bonds. The largest absolute Gasteiger partial charge is 0.368 e. The number of rotatable bonds is 3. The second-order valence-corrected chi connectivity index (χ2v) is 9.54. The molecule has 3 rings (SSSR count). The normalized spacial score (nSPS) is 23.1. The van der Waals surface area contributed by atoms with Crippen LogP contribution >= 0.6 is 23.2 Å². The van der Waals surface area contributed by atoms with Crippen molar-refractivity contribution < 1.29 is 8.42 Å². The first kappa shape index (κ1) is 17.3. The van der Waals surface area contributed by atoms with Gasteiger partial charge >= 0.3 is 0 Å². The summed E-state index contributed by atoms with van der Waals surface area (Å²) in [5.41, 5.74) is 1.00. The van der Waals surface area contributed by atoms with Crippen LogP contribution in [-0.2, 0) is 9.84 Å². The number of nitrogens with zero attached hydrogens (tertiary/aromatic N) is 2. The van der Waals surface area contributed by atoms with Crippen LogP contribution in [0.25, 0.3) is 0 Å². The molecule has 4 nitrogen and oxygen atoms in total. The van der Waals surface area contributed by atoms with E-state index >= 15 is 0 Å². The Balaban J connectivity index is 1.52. The van der Waals surface area contributed by atoms with Gasteiger partial charge in [-0.05, 0) is 30.9 Å². The Kier molecular flexibility index (Phi) is 5.41. The lowest BCUT2D eigenvalue weighted by atomic mass is 10.0. The summed E-state index contributed by atoms with van der Waals surface area (Å²) in [5.74, 6) is 1.23. The molecule has 23 heavy (non-hydrogen) atoms. The molecule has 7 heteroatoms. The zero-order valence-corrected chi connectivity index (χ0v) is 15.4. The molecule has 128 valence electrons. The molecule has 0 saturated carbocycles. The van der Waals surface area contributed by atoms with Crippen molar-refractivity contribution in [1.29, 1.82) is 0 Å². The maximum absolute atomic E-state index is 11.5. The van der Waals surface area contributed by atoms with Gasteiger partial charge in [-0.25, -0.2) is 8.42 Å². The van der Waals surface area contributed by atoms with Crippen LogP contribution in [0.4, 0.5) is 5.69 Å². The molecule has 1 aromatic rings. The standard InChI is InChI=1S/C16H22Cl2N2O2S/c17-14-2-1-3-15(16(14)18)20-8-6-19(7-9-20)12-13-4-10-23(21,22)11-5-13/h1-3,13H,4-12H2. The Labute approximate surface area is 148 Å². The molecule has 2 saturated heterocycles. The highest BCUT2D eigenvalue weighted by Gasteiger charge is 2.27. The van der Waals surface area contributed by atoms with E-state index in [0.717, 1.165) is 51.3 Å². The Morgan fingerprint density at radius 1 is 1.04 bits per heavy atom. The minimum atomic E-state index is -2.76. The van der Waals surface area contributed by atoms with Gasteiger partial charge in [0.15, 0.2) is 0 Å². The van der Waals surface area contributed by atoms with Gasteiger partial charge < -0.3 is 4.90 Å². The van der Waals surface area contributed by atoms with Crippen molar-refractivity contribution in [3.63, 3.8) is 0 Å². The molecule has 2 aliphatic rings. The lowest BCUT2D eigenvalue weighted by Crippen LogP contribution is -2.48. The molecule has 1 aromatic carbocycles. The van der Waals surface area contributed by atoms with Crippen molar-refractivity contribution in [1.82, 2.24) is 4.90 Å². The van der Waals surface area contributed by atoms with Gasteiger partial charge in [-0.1, -0.05) is 29.3 Å². The molecule has 2 fully saturated rings. The molecule has 0 N–H and O–H groups in total. The Morgan fingerprint density at radius 2 is 1.70 bits per heavy atom. The minimum Gasteiger partial charge on any atom is -0.368 e. The first-order valence-corrected chi connectivity index (χ1v) is 10.6. The van der Waals surface area contributed by atoms with E-state index < -0.39 is 9.84 Å². The molecule has 2 heterocycles. The molecular formula is C16H22Cl2N2O2S. The van der Waals surface area contributed by atoms with Gasteiger partial charge in [0, 0.05) is 32.7 Å². The van der Waals surface area contributed by atoms with Gasteiger partial charge in [-0.2, -0.15) is 0 Å². The first-order valence-electron chi connectivity index (χ1n) is 8.06. The molecule has 0 aromatic heterocycles. The fourth-order valence-electron chi connectivity index (χ4n) is 3.39. The van der Waals surface area contributed by atoms with Gasteiger partial charge in [0.1, 0.15) is 9.84 Å². The van der Waals surface area contributed by atoms with Crippen molar-refractivity contribution >= 4 is 38.7 Å². The Bertz CT molecular complexity index is 644. The van der Waals surface area contributed by atoms with Crippen LogP contribution in [0, 0.1) is 5.92 Å². The maximum Gasteiger partial charge on any atom is 0.150 e. The highest BCUT2D eigenvalue weighted by atomic mass is 35.5. The Hall–Kier alpha value is -0.490. The van der Waals surface area contributed by atoms with E-state index in [1.807, 2.05) is 12.1 Å². The van der Waals surface area contributed by atoms with Gasteiger partial charge in [-0.15, -0.1) is 0 Å². The van der Waals surface area contributed by atoms with Crippen molar-refractivity contribution in [2.24, 2.45) is 5.92 Å². The van der Waals surface area contributed by atoms with E-state index in [4.69, 9.17) is 23.2 Å². The van der Waals surface area contributed by atoms with E-state index in [-0.39, 0.29) is 0 Å². The topological polar surface area (TPSA) is 40.6 Å². The summed E-state index contributed by atoms with van der Waals surface area (Å²) in [5, 5.41) is 1.22. The Morgan fingerprint density at radius 3 is 2.35 bits per heavy atom. The van der Waals surface area contributed by atoms with Crippen molar-refractivity contribution in [3.05, 3.63) is 28.2 Å². The van der Waals surface area contributed by atoms with Gasteiger partial charge in [0.25, 0.3) is 0 Å². The zero-order valence-electron chi connectivity index (χ0n) is 13.0. The van der Waals surface area contributed by atoms with E-state index in [9.17, 15) is 8.42 Å². The van der Waals surface area contributed by atoms with Crippen LogP contribution in [0.2, 0.25) is 10.0 Å². The van der Waals surface area contributed by atoms with Crippen LogP contribution in [0.1, 0.15) is 12.8 Å². The number of piperazine rings is 1. The lowest BCUT2D eigenvalue weighted by molar-refractivity contribution is 0.211. The molecular weight excluding hydrogens is 355 g/mol. The molecule has 0 unspecified atom stereocenters. The van der Waals surface area contributed by atoms with E-state index in [1.165, 1.54) is 0 Å². The third-order valence-electron chi connectivity index (χ3n) is 4.83. The van der Waals surface area contributed by atoms with Gasteiger partial charge in [0.05, 0.1) is 27.2 Å². The molecule has 0 aliphatic carbocycles. The minimum absolute atomic E-state index is 0.357. The number of halogens is 2. The summed E-state index contributed by atoms with van der Waals surface area (Å²) in [6, 6.07) is 5.75. The number of hydrogen-bond acceptors (Lipinski definition) is 4. The van der Waals surface area contributed by atoms with Crippen molar-refractivity contribution in [2.45, 2.75) is 12.8 Å². The average Bonchev–Trinajstić information content (AvgIpc) is 2.53. The number of hydrogen-bond donors (Lipinski definition) is 0. The SMILES string of the molecule is O=S1(=O)CCC(CN2CCN(c3cccc(Cl)c3Cl)CC2)CC1. The first-order chi connectivity index (χ1) is 10.9. The molecule has 0 spiro atoms. The molecule has 0 atom stereocenters. The van der Waals surface area contributed by atoms with Gasteiger partial charge in [-0.3, -0.25) is 4.90 Å². The highest BCUT2D eigenvalue weighted by molar-refractivity contribution is 7.91. The maximum atomic E-state index is 11.5. The predicted molar refractivity (Wildman–Crippen MR) is 96.5 cm³/mol. The van der Waals surface area contributed by atoms with E-state index in [1.54, 1.807) is 6.07 Å². The number of benzene rings is 1. The van der Waals surface area contributed by atoms with Crippen LogP contribution in [0.3, 0.4) is 0 Å². The van der Waals surface area contributed by atoms with Crippen LogP contribution in [0.15, 0.2) is 18.2 Å². The summed E-state index contributed by atoms with van der Waals surface area (Å²) < 4.78 is 23.0. The molecule has 0 bridgehead atoms. The van der Waals surface area contributed by atoms with Crippen molar-refractivity contribution in [2.75, 3.05) is 49.1 Å². The number of anilines is 1. The van der Waals surface area contributed by atoms with E-state index in [0.29, 0.717) is 27.5 Å². The molecule has 0 radical (unpaired) electrons. The molecule has 2 aliphatic heterocycles. The number of sulfone groups is 1. The zero-order chi connectivity index (χ0) is 16.4. The third-order valence-corrected chi connectivity index (χ3v) is 7.36. The third kappa shape index (κ3) is 4.32. The fraction of sp³-hybridized carbons (Fsp3) is 0.625. The average molecular weight is 377 g/mol. The van der Waals surface area contributed by atoms with E-state index in [2.05, 4.69) is 9.80 Å². The summed E-state index contributed by atoms with van der Waals surface area (Å²) in [6.45, 7) is 4.81. The highest BCUT2D eigenvalue weighted by Crippen LogP contribution is 2.33. The van der Waals surface area contributed by atoms with Gasteiger partial charge in [0.2, 0.25) is 0 Å². The van der Waals surface area contributed by atoms with Crippen molar-refractivity contribution in [3.8, 4) is 0 Å².